The maximum absolute atomic E-state index is 6.00. The molecule has 2 atom stereocenters. The van der Waals surface area contributed by atoms with Crippen molar-refractivity contribution in [2.75, 3.05) is 0 Å². The normalized spacial score (nSPS) is 21.8. The third-order valence-corrected chi connectivity index (χ3v) is 4.25. The Bertz CT molecular complexity index is 838. The molecule has 0 saturated heterocycles. The van der Waals surface area contributed by atoms with Crippen LogP contribution in [0.15, 0.2) is 60.7 Å². The molecule has 0 fully saturated rings. The van der Waals surface area contributed by atoms with Gasteiger partial charge in [0.2, 0.25) is 0 Å². The van der Waals surface area contributed by atoms with Crippen LogP contribution < -0.4 is 9.47 Å². The van der Waals surface area contributed by atoms with Gasteiger partial charge in [-0.1, -0.05) is 48.5 Å². The Hall–Kier alpha value is -2.48. The molecule has 2 heteroatoms. The van der Waals surface area contributed by atoms with Crippen molar-refractivity contribution in [3.8, 4) is 11.5 Å². The molecule has 2 heterocycles. The van der Waals surface area contributed by atoms with Crippen LogP contribution in [0.5, 0.6) is 11.5 Å². The molecule has 20 heavy (non-hydrogen) atoms. The Labute approximate surface area is 116 Å². The first-order chi connectivity index (χ1) is 9.92. The second-order valence-electron chi connectivity index (χ2n) is 5.32. The van der Waals surface area contributed by atoms with Crippen molar-refractivity contribution in [1.82, 2.24) is 0 Å². The highest BCUT2D eigenvalue weighted by Gasteiger charge is 2.44. The van der Waals surface area contributed by atoms with Crippen molar-refractivity contribution in [2.24, 2.45) is 0 Å². The van der Waals surface area contributed by atoms with Gasteiger partial charge in [0.25, 0.3) is 6.29 Å². The van der Waals surface area contributed by atoms with Gasteiger partial charge in [0, 0.05) is 11.1 Å². The van der Waals surface area contributed by atoms with Gasteiger partial charge in [-0.15, -0.1) is 0 Å². The van der Waals surface area contributed by atoms with Crippen LogP contribution in [-0.2, 0) is 0 Å². The number of fused-ring (bicyclic) bond motifs is 7. The minimum atomic E-state index is -0.215. The lowest BCUT2D eigenvalue weighted by molar-refractivity contribution is 0.0330. The highest BCUT2D eigenvalue weighted by Crippen LogP contribution is 2.52. The summed E-state index contributed by atoms with van der Waals surface area (Å²) >= 11 is 0. The largest absolute Gasteiger partial charge is 0.454 e. The molecule has 0 aliphatic carbocycles. The molecular formula is C18H12O2. The van der Waals surface area contributed by atoms with Gasteiger partial charge in [-0.3, -0.25) is 0 Å². The summed E-state index contributed by atoms with van der Waals surface area (Å²) < 4.78 is 11.9. The smallest absolute Gasteiger partial charge is 0.252 e. The van der Waals surface area contributed by atoms with E-state index < -0.39 is 0 Å². The van der Waals surface area contributed by atoms with Crippen LogP contribution in [0.25, 0.3) is 10.8 Å². The summed E-state index contributed by atoms with van der Waals surface area (Å²) in [5.41, 5.74) is 2.49. The first kappa shape index (κ1) is 10.3. The van der Waals surface area contributed by atoms with E-state index in [2.05, 4.69) is 48.5 Å². The molecule has 0 bridgehead atoms. The summed E-state index contributed by atoms with van der Waals surface area (Å²) in [6.07, 6.45) is -0.215. The van der Waals surface area contributed by atoms with E-state index in [1.807, 2.05) is 12.1 Å². The lowest BCUT2D eigenvalue weighted by Crippen LogP contribution is -2.19. The third kappa shape index (κ3) is 1.19. The Morgan fingerprint density at radius 3 is 2.50 bits per heavy atom. The second kappa shape index (κ2) is 3.54. The van der Waals surface area contributed by atoms with Crippen LogP contribution in [0.3, 0.4) is 0 Å². The lowest BCUT2D eigenvalue weighted by atomic mass is 9.89. The van der Waals surface area contributed by atoms with Crippen LogP contribution in [0.1, 0.15) is 17.0 Å². The van der Waals surface area contributed by atoms with E-state index in [-0.39, 0.29) is 12.2 Å². The van der Waals surface area contributed by atoms with Gasteiger partial charge >= 0.3 is 0 Å². The molecular weight excluding hydrogens is 248 g/mol. The predicted molar refractivity (Wildman–Crippen MR) is 77.3 cm³/mol. The maximum Gasteiger partial charge on any atom is 0.252 e. The number of benzene rings is 3. The zero-order valence-electron chi connectivity index (χ0n) is 10.7. The number of rotatable bonds is 0. The Morgan fingerprint density at radius 2 is 1.50 bits per heavy atom. The minimum absolute atomic E-state index is 0.187. The summed E-state index contributed by atoms with van der Waals surface area (Å²) in [6.45, 7) is 0. The quantitative estimate of drug-likeness (QED) is 0.606. The first-order valence-electron chi connectivity index (χ1n) is 6.86. The van der Waals surface area contributed by atoms with E-state index >= 15 is 0 Å². The fourth-order valence-corrected chi connectivity index (χ4v) is 3.39. The van der Waals surface area contributed by atoms with Gasteiger partial charge in [-0.25, -0.2) is 0 Å². The van der Waals surface area contributed by atoms with Crippen LogP contribution >= 0.6 is 0 Å². The van der Waals surface area contributed by atoms with E-state index in [4.69, 9.17) is 9.47 Å². The molecule has 3 aromatic carbocycles. The van der Waals surface area contributed by atoms with Crippen molar-refractivity contribution >= 4 is 10.8 Å². The summed E-state index contributed by atoms with van der Waals surface area (Å²) in [5, 5.41) is 2.51. The zero-order chi connectivity index (χ0) is 13.1. The fourth-order valence-electron chi connectivity index (χ4n) is 3.39. The molecule has 3 aromatic rings. The minimum Gasteiger partial charge on any atom is -0.454 e. The molecule has 0 saturated carbocycles. The lowest BCUT2D eigenvalue weighted by Gasteiger charge is -2.08. The van der Waals surface area contributed by atoms with E-state index in [0.717, 1.165) is 11.5 Å². The predicted octanol–water partition coefficient (Wildman–Crippen LogP) is 4.08. The highest BCUT2D eigenvalue weighted by molar-refractivity contribution is 5.89. The number of hydrogen-bond donors (Lipinski definition) is 0. The average molecular weight is 260 g/mol. The van der Waals surface area contributed by atoms with Gasteiger partial charge in [-0.2, -0.15) is 0 Å². The molecule has 2 nitrogen and oxygen atoms in total. The van der Waals surface area contributed by atoms with Gasteiger partial charge < -0.3 is 9.47 Å². The topological polar surface area (TPSA) is 18.5 Å². The average Bonchev–Trinajstić information content (AvgIpc) is 3.02. The molecule has 2 aliphatic rings. The first-order valence-corrected chi connectivity index (χ1v) is 6.86. The Morgan fingerprint density at radius 1 is 0.700 bits per heavy atom. The van der Waals surface area contributed by atoms with Crippen molar-refractivity contribution in [2.45, 2.75) is 12.2 Å². The van der Waals surface area contributed by atoms with Crippen molar-refractivity contribution in [1.29, 1.82) is 0 Å². The Balaban J connectivity index is 1.83. The zero-order valence-corrected chi connectivity index (χ0v) is 10.7. The van der Waals surface area contributed by atoms with E-state index in [1.165, 1.54) is 21.9 Å². The Kier molecular flexibility index (Phi) is 1.83. The maximum atomic E-state index is 6.00. The standard InChI is InChI=1S/C18H12O2/c1-2-6-12-11(5-1)9-10-15-16(12)17-13-7-3-4-8-14(13)19-18(17)20-15/h1-10,17-18H. The monoisotopic (exact) mass is 260 g/mol. The van der Waals surface area contributed by atoms with Crippen LogP contribution in [-0.4, -0.2) is 6.29 Å². The van der Waals surface area contributed by atoms with E-state index in [9.17, 15) is 0 Å². The highest BCUT2D eigenvalue weighted by atomic mass is 16.7. The summed E-state index contributed by atoms with van der Waals surface area (Å²) in [5.74, 6) is 2.08. The molecule has 0 N–H and O–H groups in total. The van der Waals surface area contributed by atoms with Crippen molar-refractivity contribution in [3.63, 3.8) is 0 Å². The molecule has 0 spiro atoms. The fraction of sp³-hybridized carbons (Fsp3) is 0.111. The van der Waals surface area contributed by atoms with Gasteiger partial charge in [0.15, 0.2) is 0 Å². The summed E-state index contributed by atoms with van der Waals surface area (Å²) in [6, 6.07) is 20.9. The third-order valence-electron chi connectivity index (χ3n) is 4.25. The van der Waals surface area contributed by atoms with Gasteiger partial charge in [0.1, 0.15) is 11.5 Å². The summed E-state index contributed by atoms with van der Waals surface area (Å²) in [7, 11) is 0. The van der Waals surface area contributed by atoms with Crippen molar-refractivity contribution < 1.29 is 9.47 Å². The van der Waals surface area contributed by atoms with Gasteiger partial charge in [0.05, 0.1) is 5.92 Å². The van der Waals surface area contributed by atoms with Crippen LogP contribution in [0, 0.1) is 0 Å². The van der Waals surface area contributed by atoms with E-state index in [1.54, 1.807) is 0 Å². The number of para-hydroxylation sites is 1. The van der Waals surface area contributed by atoms with Crippen LogP contribution in [0.4, 0.5) is 0 Å². The number of ether oxygens (including phenoxy) is 2. The molecule has 2 unspecified atom stereocenters. The van der Waals surface area contributed by atoms with Crippen LogP contribution in [0.2, 0.25) is 0 Å². The van der Waals surface area contributed by atoms with Crippen molar-refractivity contribution in [3.05, 3.63) is 71.8 Å². The molecule has 0 aromatic heterocycles. The second-order valence-corrected chi connectivity index (χ2v) is 5.32. The molecule has 96 valence electrons. The van der Waals surface area contributed by atoms with Gasteiger partial charge in [-0.05, 0) is 22.9 Å². The SMILES string of the molecule is c1ccc2c(c1)OC1Oc3ccc4ccccc4c3C21. The number of hydrogen-bond acceptors (Lipinski definition) is 2. The molecule has 0 radical (unpaired) electrons. The molecule has 2 aliphatic heterocycles. The molecule has 0 amide bonds. The molecule has 5 rings (SSSR count). The summed E-state index contributed by atoms with van der Waals surface area (Å²) in [4.78, 5) is 0. The van der Waals surface area contributed by atoms with E-state index in [0.29, 0.717) is 0 Å².